The van der Waals surface area contributed by atoms with E-state index in [1.807, 2.05) is 20.8 Å². The molecule has 0 spiro atoms. The van der Waals surface area contributed by atoms with Gasteiger partial charge in [-0.3, -0.25) is 14.4 Å². The Labute approximate surface area is 233 Å². The van der Waals surface area contributed by atoms with Gasteiger partial charge in [0.25, 0.3) is 0 Å². The summed E-state index contributed by atoms with van der Waals surface area (Å²) in [5.74, 6) is -4.06. The van der Waals surface area contributed by atoms with Gasteiger partial charge in [-0.05, 0) is 70.9 Å². The third-order valence-electron chi connectivity index (χ3n) is 8.57. The number of hydrogen-bond donors (Lipinski definition) is 2. The largest absolute Gasteiger partial charge is 0.458 e. The van der Waals surface area contributed by atoms with Crippen molar-refractivity contribution in [1.29, 1.82) is 0 Å². The number of aliphatic hydroxyl groups is 2. The number of aliphatic hydroxyl groups excluding tert-OH is 1. The maximum atomic E-state index is 13.7. The van der Waals surface area contributed by atoms with Crippen LogP contribution in [0.25, 0.3) is 0 Å². The number of methoxy groups -OCH3 is 1. The van der Waals surface area contributed by atoms with Crippen LogP contribution in [0.2, 0.25) is 0 Å². The van der Waals surface area contributed by atoms with E-state index in [9.17, 15) is 24.6 Å². The van der Waals surface area contributed by atoms with E-state index < -0.39 is 65.3 Å². The van der Waals surface area contributed by atoms with Gasteiger partial charge in [0.1, 0.15) is 23.7 Å². The van der Waals surface area contributed by atoms with Crippen molar-refractivity contribution in [2.45, 2.75) is 130 Å². The Morgan fingerprint density at radius 3 is 2.23 bits per heavy atom. The number of allylic oxidation sites excluding steroid dienone is 1. The summed E-state index contributed by atoms with van der Waals surface area (Å²) in [6.45, 7) is 15.6. The van der Waals surface area contributed by atoms with Gasteiger partial charge in [-0.1, -0.05) is 34.6 Å². The van der Waals surface area contributed by atoms with E-state index in [4.69, 9.17) is 18.9 Å². The standard InChI is InChI=1S/C30H50O9/c1-11-21-15-29(8,35)22(12-2)38-27(34)20(7)25(33)19(6)26(30(9,36-10)14-17(4)23(21)31)39-28-24(32)16(3)13-18(5)37-28/h15-20,22,24,26,28,32,35H,11-14H2,1-10H3/b21-15+/t16-,17+,18+,19-,20+,22+,24+,26+,28-,29-,30-/m0/s1. The summed E-state index contributed by atoms with van der Waals surface area (Å²) in [5, 5.41) is 22.1. The summed E-state index contributed by atoms with van der Waals surface area (Å²) in [7, 11) is 1.49. The zero-order valence-electron chi connectivity index (χ0n) is 25.4. The Balaban J connectivity index is 2.64. The molecule has 9 heteroatoms. The third kappa shape index (κ3) is 7.55. The van der Waals surface area contributed by atoms with Crippen molar-refractivity contribution in [2.75, 3.05) is 7.11 Å². The summed E-state index contributed by atoms with van der Waals surface area (Å²) in [4.78, 5) is 40.5. The molecule has 11 atom stereocenters. The molecule has 0 unspecified atom stereocenters. The van der Waals surface area contributed by atoms with E-state index in [1.54, 1.807) is 27.7 Å². The van der Waals surface area contributed by atoms with Gasteiger partial charge in [0.15, 0.2) is 17.9 Å². The minimum atomic E-state index is -1.61. The van der Waals surface area contributed by atoms with Crippen molar-refractivity contribution >= 4 is 17.5 Å². The molecule has 0 amide bonds. The lowest BCUT2D eigenvalue weighted by Gasteiger charge is -2.45. The highest BCUT2D eigenvalue weighted by atomic mass is 16.7. The average molecular weight is 555 g/mol. The maximum Gasteiger partial charge on any atom is 0.316 e. The number of ether oxygens (including phenoxy) is 4. The molecular formula is C30H50O9. The Morgan fingerprint density at radius 2 is 1.69 bits per heavy atom. The van der Waals surface area contributed by atoms with Gasteiger partial charge >= 0.3 is 5.97 Å². The van der Waals surface area contributed by atoms with Crippen molar-refractivity contribution in [3.8, 4) is 0 Å². The van der Waals surface area contributed by atoms with Gasteiger partial charge in [-0.2, -0.15) is 0 Å². The summed E-state index contributed by atoms with van der Waals surface area (Å²) < 4.78 is 24.0. The van der Waals surface area contributed by atoms with Crippen molar-refractivity contribution < 1.29 is 43.5 Å². The molecule has 224 valence electrons. The molecule has 0 radical (unpaired) electrons. The van der Waals surface area contributed by atoms with Crippen molar-refractivity contribution in [1.82, 2.24) is 0 Å². The number of carbonyl (C=O) groups excluding carboxylic acids is 3. The molecule has 2 rings (SSSR count). The number of rotatable bonds is 5. The van der Waals surface area contributed by atoms with Crippen LogP contribution in [-0.4, -0.2) is 76.8 Å². The number of esters is 1. The first-order valence-electron chi connectivity index (χ1n) is 14.3. The van der Waals surface area contributed by atoms with Gasteiger partial charge in [-0.15, -0.1) is 0 Å². The molecule has 39 heavy (non-hydrogen) atoms. The van der Waals surface area contributed by atoms with E-state index in [0.717, 1.165) is 0 Å². The zero-order valence-corrected chi connectivity index (χ0v) is 25.4. The molecule has 9 nitrogen and oxygen atoms in total. The molecule has 0 aromatic carbocycles. The number of hydrogen-bond acceptors (Lipinski definition) is 9. The maximum absolute atomic E-state index is 13.7. The zero-order chi connectivity index (χ0) is 29.9. The van der Waals surface area contributed by atoms with Crippen LogP contribution < -0.4 is 0 Å². The minimum Gasteiger partial charge on any atom is -0.458 e. The Kier molecular flexibility index (Phi) is 11.5. The molecule has 1 fully saturated rings. The van der Waals surface area contributed by atoms with E-state index in [0.29, 0.717) is 18.4 Å². The van der Waals surface area contributed by atoms with Crippen LogP contribution in [0.5, 0.6) is 0 Å². The van der Waals surface area contributed by atoms with E-state index in [1.165, 1.54) is 27.0 Å². The van der Waals surface area contributed by atoms with Gasteiger partial charge < -0.3 is 29.2 Å². The Morgan fingerprint density at radius 1 is 1.08 bits per heavy atom. The molecule has 2 N–H and O–H groups in total. The van der Waals surface area contributed by atoms with E-state index >= 15 is 0 Å². The molecule has 1 saturated heterocycles. The van der Waals surface area contributed by atoms with Crippen LogP contribution in [0.3, 0.4) is 0 Å². The second kappa shape index (κ2) is 13.3. The summed E-state index contributed by atoms with van der Waals surface area (Å²) in [5.41, 5.74) is -2.36. The SMILES string of the molecule is CC/C1=C\[C@](C)(O)[C@@H](CC)OC(=O)[C@H](C)C(=O)[C@H](C)[C@@H](O[C@@H]2O[C@H](C)C[C@H](C)[C@H]2O)[C@@](C)(OC)C[C@@H](C)C1=O. The van der Waals surface area contributed by atoms with Gasteiger partial charge in [-0.25, -0.2) is 0 Å². The lowest BCUT2D eigenvalue weighted by atomic mass is 9.76. The minimum absolute atomic E-state index is 0.0949. The lowest BCUT2D eigenvalue weighted by molar-refractivity contribution is -0.294. The fourth-order valence-corrected chi connectivity index (χ4v) is 5.99. The smallest absolute Gasteiger partial charge is 0.316 e. The highest BCUT2D eigenvalue weighted by molar-refractivity contribution is 6.00. The van der Waals surface area contributed by atoms with Crippen LogP contribution in [0.15, 0.2) is 11.6 Å². The lowest BCUT2D eigenvalue weighted by Crippen LogP contribution is -2.56. The molecular weight excluding hydrogens is 504 g/mol. The van der Waals surface area contributed by atoms with Gasteiger partial charge in [0, 0.05) is 18.9 Å². The molecule has 0 aliphatic carbocycles. The van der Waals surface area contributed by atoms with E-state index in [-0.39, 0.29) is 30.6 Å². The number of cyclic esters (lactones) is 1. The fourth-order valence-electron chi connectivity index (χ4n) is 5.99. The first kappa shape index (κ1) is 33.6. The monoisotopic (exact) mass is 554 g/mol. The van der Waals surface area contributed by atoms with Gasteiger partial charge in [0.2, 0.25) is 0 Å². The Bertz CT molecular complexity index is 912. The molecule has 2 heterocycles. The van der Waals surface area contributed by atoms with Crippen molar-refractivity contribution in [3.63, 3.8) is 0 Å². The molecule has 0 aromatic heterocycles. The average Bonchev–Trinajstić information content (AvgIpc) is 2.88. The second-order valence-electron chi connectivity index (χ2n) is 12.1. The summed E-state index contributed by atoms with van der Waals surface area (Å²) in [6, 6.07) is 0. The molecule has 2 aliphatic heterocycles. The number of Topliss-reactive ketones (excluding diaryl/α,β-unsaturated/α-hetero) is 2. The van der Waals surface area contributed by atoms with Crippen molar-refractivity contribution in [2.24, 2.45) is 23.7 Å². The highest BCUT2D eigenvalue weighted by Gasteiger charge is 2.49. The molecule has 0 bridgehead atoms. The summed E-state index contributed by atoms with van der Waals surface area (Å²) in [6.07, 6.45) is -1.05. The predicted molar refractivity (Wildman–Crippen MR) is 146 cm³/mol. The topological polar surface area (TPSA) is 129 Å². The third-order valence-corrected chi connectivity index (χ3v) is 8.57. The van der Waals surface area contributed by atoms with Crippen LogP contribution in [0.4, 0.5) is 0 Å². The number of carbonyl (C=O) groups is 3. The Hall–Kier alpha value is -1.65. The normalized spacial score (nSPS) is 44.8. The van der Waals surface area contributed by atoms with Crippen LogP contribution in [0, 0.1) is 23.7 Å². The van der Waals surface area contributed by atoms with E-state index in [2.05, 4.69) is 0 Å². The quantitative estimate of drug-likeness (QED) is 0.385. The van der Waals surface area contributed by atoms with Crippen molar-refractivity contribution in [3.05, 3.63) is 11.6 Å². The fraction of sp³-hybridized carbons (Fsp3) is 0.833. The van der Waals surface area contributed by atoms with Gasteiger partial charge in [0.05, 0.1) is 17.8 Å². The van der Waals surface area contributed by atoms with Crippen LogP contribution in [-0.2, 0) is 33.3 Å². The summed E-state index contributed by atoms with van der Waals surface area (Å²) >= 11 is 0. The molecule has 0 saturated carbocycles. The number of ketones is 2. The van der Waals surface area contributed by atoms with Crippen LogP contribution in [0.1, 0.15) is 88.0 Å². The predicted octanol–water partition coefficient (Wildman–Crippen LogP) is 3.77. The second-order valence-corrected chi connectivity index (χ2v) is 12.1. The van der Waals surface area contributed by atoms with Crippen LogP contribution >= 0.6 is 0 Å². The first-order chi connectivity index (χ1) is 18.0. The first-order valence-corrected chi connectivity index (χ1v) is 14.3. The highest BCUT2D eigenvalue weighted by Crippen LogP contribution is 2.37. The molecule has 0 aromatic rings. The molecule has 2 aliphatic rings.